The molecule has 0 radical (unpaired) electrons. The highest BCUT2D eigenvalue weighted by atomic mass is 16.5. The molecule has 1 amide bonds. The van der Waals surface area contributed by atoms with Crippen LogP contribution in [0.25, 0.3) is 0 Å². The molecule has 1 heterocycles. The van der Waals surface area contributed by atoms with Crippen LogP contribution in [0, 0.1) is 18.8 Å². The van der Waals surface area contributed by atoms with Gasteiger partial charge in [0.05, 0.1) is 44.3 Å². The quantitative estimate of drug-likeness (QED) is 0.0979. The van der Waals surface area contributed by atoms with Gasteiger partial charge in [0, 0.05) is 56.3 Å². The summed E-state index contributed by atoms with van der Waals surface area (Å²) >= 11 is 0. The zero-order chi connectivity index (χ0) is 36.3. The number of nitrogens with one attached hydrogen (secondary N) is 1. The molecule has 1 saturated carbocycles. The zero-order valence-corrected chi connectivity index (χ0v) is 30.1. The van der Waals surface area contributed by atoms with Crippen molar-refractivity contribution in [1.82, 2.24) is 30.1 Å². The Morgan fingerprint density at radius 1 is 1.16 bits per heavy atom. The Labute approximate surface area is 296 Å². The monoisotopic (exact) mass is 687 g/mol. The van der Waals surface area contributed by atoms with Crippen LogP contribution in [0.3, 0.4) is 0 Å². The smallest absolute Gasteiger partial charge is 0.219 e. The van der Waals surface area contributed by atoms with Crippen LogP contribution in [0.5, 0.6) is 5.75 Å². The van der Waals surface area contributed by atoms with Gasteiger partial charge >= 0.3 is 0 Å². The van der Waals surface area contributed by atoms with Crippen LogP contribution < -0.4 is 15.8 Å². The molecule has 1 atom stereocenters. The van der Waals surface area contributed by atoms with Crippen molar-refractivity contribution >= 4 is 24.2 Å². The number of nitrogens with two attached hydrogens (primary N) is 1. The fourth-order valence-corrected chi connectivity index (χ4v) is 5.94. The highest BCUT2D eigenvalue weighted by Crippen LogP contribution is 2.29. The number of carbonyl (C=O) groups is 3. The van der Waals surface area contributed by atoms with Crippen molar-refractivity contribution in [1.29, 1.82) is 0 Å². The maximum atomic E-state index is 11.7. The van der Waals surface area contributed by atoms with Gasteiger partial charge in [-0.2, -0.15) is 0 Å². The fraction of sp³-hybridized carbons (Fsp3) is 0.500. The Bertz CT molecular complexity index is 1540. The summed E-state index contributed by atoms with van der Waals surface area (Å²) in [4.78, 5) is 39.2. The molecule has 1 unspecified atom stereocenters. The number of rotatable bonds is 16. The number of aromatic nitrogens is 3. The third-order valence-corrected chi connectivity index (χ3v) is 9.09. The van der Waals surface area contributed by atoms with E-state index in [1.54, 1.807) is 26.4 Å². The number of nitrogen functional groups attached to an aromatic ring is 1. The molecule has 1 fully saturated rings. The van der Waals surface area contributed by atoms with Crippen molar-refractivity contribution in [2.45, 2.75) is 76.5 Å². The fourth-order valence-electron chi connectivity index (χ4n) is 5.94. The van der Waals surface area contributed by atoms with Crippen LogP contribution in [-0.4, -0.2) is 103 Å². The summed E-state index contributed by atoms with van der Waals surface area (Å²) in [6, 6.07) is 11.7. The molecule has 1 aliphatic rings. The highest BCUT2D eigenvalue weighted by molar-refractivity contribution is 5.79. The third kappa shape index (κ3) is 12.7. The molecule has 4 rings (SSSR count). The van der Waals surface area contributed by atoms with E-state index in [0.29, 0.717) is 55.9 Å². The molecule has 0 saturated heterocycles. The van der Waals surface area contributed by atoms with Crippen LogP contribution in [-0.2, 0) is 20.9 Å². The number of aldehydes is 2. The van der Waals surface area contributed by atoms with Crippen LogP contribution in [0.2, 0.25) is 0 Å². The van der Waals surface area contributed by atoms with Crippen LogP contribution in [0.4, 0.5) is 5.69 Å². The first-order chi connectivity index (χ1) is 24.2. The first kappa shape index (κ1) is 39.9. The molecular formula is C38H53N7O5. The second kappa shape index (κ2) is 21.5. The number of hydrogen-bond acceptors (Lipinski definition) is 10. The van der Waals surface area contributed by atoms with E-state index < -0.39 is 6.04 Å². The summed E-state index contributed by atoms with van der Waals surface area (Å²) in [5.74, 6) is 6.99. The highest BCUT2D eigenvalue weighted by Gasteiger charge is 2.25. The third-order valence-electron chi connectivity index (χ3n) is 9.09. The van der Waals surface area contributed by atoms with Crippen LogP contribution in [0.1, 0.15) is 78.0 Å². The first-order valence-corrected chi connectivity index (χ1v) is 17.2. The first-order valence-electron chi connectivity index (χ1n) is 17.2. The number of methoxy groups -OCH3 is 1. The maximum Gasteiger partial charge on any atom is 0.219 e. The van der Waals surface area contributed by atoms with Gasteiger partial charge in [-0.3, -0.25) is 14.5 Å². The number of likely N-dealkylation sites (N-methyl/N-ethyl adjacent to an activating group) is 2. The van der Waals surface area contributed by atoms with E-state index in [4.69, 9.17) is 15.2 Å². The molecular weight excluding hydrogens is 634 g/mol. The van der Waals surface area contributed by atoms with E-state index in [1.165, 1.54) is 0 Å². The van der Waals surface area contributed by atoms with E-state index in [2.05, 4.69) is 39.4 Å². The molecule has 0 spiro atoms. The summed E-state index contributed by atoms with van der Waals surface area (Å²) in [5, 5.41) is 10.6. The van der Waals surface area contributed by atoms with Gasteiger partial charge in [-0.05, 0) is 82.4 Å². The van der Waals surface area contributed by atoms with Crippen molar-refractivity contribution in [3.8, 4) is 17.6 Å². The lowest BCUT2D eigenvalue weighted by atomic mass is 9.90. The number of nitrogens with zero attached hydrogens (tertiary/aromatic N) is 5. The van der Waals surface area contributed by atoms with E-state index in [0.717, 1.165) is 67.2 Å². The molecule has 2 aromatic carbocycles. The number of anilines is 1. The molecule has 3 N–H and O–H groups in total. The Morgan fingerprint density at radius 3 is 2.58 bits per heavy atom. The summed E-state index contributed by atoms with van der Waals surface area (Å²) in [5.41, 5.74) is 9.50. The minimum absolute atomic E-state index is 0.111. The van der Waals surface area contributed by atoms with Gasteiger partial charge in [0.15, 0.2) is 0 Å². The van der Waals surface area contributed by atoms with Gasteiger partial charge in [-0.25, -0.2) is 4.68 Å². The molecule has 0 aliphatic heterocycles. The average molecular weight is 688 g/mol. The zero-order valence-electron chi connectivity index (χ0n) is 30.1. The Kier molecular flexibility index (Phi) is 17.1. The van der Waals surface area contributed by atoms with Gasteiger partial charge in [0.2, 0.25) is 5.91 Å². The van der Waals surface area contributed by atoms with Gasteiger partial charge in [0.25, 0.3) is 0 Å². The predicted molar refractivity (Wildman–Crippen MR) is 195 cm³/mol. The lowest BCUT2D eigenvalue weighted by Crippen LogP contribution is -2.37. The number of ether oxygens (including phenoxy) is 2. The van der Waals surface area contributed by atoms with Gasteiger partial charge in [-0.1, -0.05) is 35.3 Å². The van der Waals surface area contributed by atoms with Gasteiger partial charge in [-0.15, -0.1) is 5.10 Å². The standard InChI is InChI=1S/C30H42N6O4.C8H11NO/c1-31-30(39)15-14-28(23-38)35(3)21-29-24(8-6-9-25(29)22-37)7-4-5-19-40-20-18-34(2)26-10-12-27(13-11-26)36-17-16-32-33-36;1-6-3-4-7(9)8(5-6)10-2/h6,8-9,16-17,22-23,26-28H,5,10-15,18-21H2,1-3H3,(H,31,39);3-5H,9H2,1-2H3. The normalized spacial score (nSPS) is 16.1. The number of carbonyl (C=O) groups excluding carboxylic acids is 3. The number of aryl methyl sites for hydroxylation is 1. The number of hydrogen-bond donors (Lipinski definition) is 2. The maximum absolute atomic E-state index is 11.7. The Hall–Kier alpha value is -4.57. The number of amides is 1. The minimum atomic E-state index is -0.437. The van der Waals surface area contributed by atoms with Crippen molar-refractivity contribution in [3.63, 3.8) is 0 Å². The largest absolute Gasteiger partial charge is 0.495 e. The topological polar surface area (TPSA) is 145 Å². The van der Waals surface area contributed by atoms with Crippen LogP contribution >= 0.6 is 0 Å². The van der Waals surface area contributed by atoms with Crippen molar-refractivity contribution in [3.05, 3.63) is 71.0 Å². The Morgan fingerprint density at radius 2 is 1.94 bits per heavy atom. The molecule has 50 heavy (non-hydrogen) atoms. The lowest BCUT2D eigenvalue weighted by molar-refractivity contribution is -0.121. The summed E-state index contributed by atoms with van der Waals surface area (Å²) in [6.07, 6.45) is 11.1. The summed E-state index contributed by atoms with van der Waals surface area (Å²) in [7, 11) is 7.17. The molecule has 1 aliphatic carbocycles. The molecule has 0 bridgehead atoms. The van der Waals surface area contributed by atoms with Crippen molar-refractivity contribution < 1.29 is 23.9 Å². The van der Waals surface area contributed by atoms with Crippen LogP contribution in [0.15, 0.2) is 48.8 Å². The molecule has 1 aromatic heterocycles. The Balaban J connectivity index is 0.000000578. The molecule has 12 nitrogen and oxygen atoms in total. The lowest BCUT2D eigenvalue weighted by Gasteiger charge is -2.34. The second-order valence-electron chi connectivity index (χ2n) is 12.6. The molecule has 12 heteroatoms. The number of benzene rings is 2. The minimum Gasteiger partial charge on any atom is -0.495 e. The SMILES string of the molecule is CNC(=O)CCC(C=O)N(C)Cc1c(C#CCCOCCN(C)C2CCC(n3ccnn3)CC2)cccc1C=O.COc1cc(C)ccc1N. The van der Waals surface area contributed by atoms with E-state index >= 15 is 0 Å². The summed E-state index contributed by atoms with van der Waals surface area (Å²) in [6.45, 7) is 4.44. The predicted octanol–water partition coefficient (Wildman–Crippen LogP) is 4.08. The summed E-state index contributed by atoms with van der Waals surface area (Å²) < 4.78 is 12.8. The van der Waals surface area contributed by atoms with Crippen molar-refractivity contribution in [2.24, 2.45) is 0 Å². The van der Waals surface area contributed by atoms with E-state index in [1.807, 2.05) is 60.1 Å². The molecule has 3 aromatic rings. The average Bonchev–Trinajstić information content (AvgIpc) is 3.68. The molecule has 270 valence electrons. The second-order valence-corrected chi connectivity index (χ2v) is 12.6. The van der Waals surface area contributed by atoms with E-state index in [-0.39, 0.29) is 12.3 Å². The van der Waals surface area contributed by atoms with Gasteiger partial charge < -0.3 is 30.2 Å². The van der Waals surface area contributed by atoms with Gasteiger partial charge in [0.1, 0.15) is 18.3 Å². The van der Waals surface area contributed by atoms with E-state index in [9.17, 15) is 14.4 Å². The van der Waals surface area contributed by atoms with Crippen molar-refractivity contribution in [2.75, 3.05) is 53.7 Å².